The Morgan fingerprint density at radius 2 is 1.60 bits per heavy atom. The SMILES string of the molecule is CCC(CC)(CBr)CON1C(=O)c2ccccc2C1=O. The van der Waals surface area contributed by atoms with E-state index in [1.165, 1.54) is 0 Å². The van der Waals surface area contributed by atoms with Crippen LogP contribution in [0.15, 0.2) is 24.3 Å². The smallest absolute Gasteiger partial charge is 0.266 e. The maximum absolute atomic E-state index is 12.2. The van der Waals surface area contributed by atoms with Crippen LogP contribution in [0.4, 0.5) is 0 Å². The summed E-state index contributed by atoms with van der Waals surface area (Å²) in [4.78, 5) is 29.9. The standard InChI is InChI=1S/C15H18BrNO3/c1-3-15(4-2,9-16)10-20-17-13(18)11-7-5-6-8-12(11)14(17)19/h5-8H,3-4,9-10H2,1-2H3. The van der Waals surface area contributed by atoms with Gasteiger partial charge < -0.3 is 0 Å². The van der Waals surface area contributed by atoms with Gasteiger partial charge in [0.25, 0.3) is 11.8 Å². The van der Waals surface area contributed by atoms with Gasteiger partial charge in [-0.1, -0.05) is 41.9 Å². The molecule has 1 aliphatic rings. The lowest BCUT2D eigenvalue weighted by atomic mass is 9.86. The highest BCUT2D eigenvalue weighted by Crippen LogP contribution is 2.31. The molecule has 1 aromatic carbocycles. The highest BCUT2D eigenvalue weighted by atomic mass is 79.9. The summed E-state index contributed by atoms with van der Waals surface area (Å²) in [5.41, 5.74) is 0.764. The molecule has 0 saturated heterocycles. The summed E-state index contributed by atoms with van der Waals surface area (Å²) in [6.07, 6.45) is 1.83. The van der Waals surface area contributed by atoms with Gasteiger partial charge in [0.15, 0.2) is 0 Å². The lowest BCUT2D eigenvalue weighted by Gasteiger charge is -2.30. The monoisotopic (exact) mass is 339 g/mol. The number of nitrogens with zero attached hydrogens (tertiary/aromatic N) is 1. The minimum atomic E-state index is -0.374. The Morgan fingerprint density at radius 3 is 2.00 bits per heavy atom. The molecule has 0 aromatic heterocycles. The maximum atomic E-state index is 12.2. The highest BCUT2D eigenvalue weighted by Gasteiger charge is 2.38. The fourth-order valence-electron chi connectivity index (χ4n) is 2.17. The van der Waals surface area contributed by atoms with E-state index >= 15 is 0 Å². The second-order valence-electron chi connectivity index (χ2n) is 5.06. The summed E-state index contributed by atoms with van der Waals surface area (Å²) in [5.74, 6) is -0.748. The van der Waals surface area contributed by atoms with E-state index in [2.05, 4.69) is 29.8 Å². The van der Waals surface area contributed by atoms with Gasteiger partial charge in [-0.3, -0.25) is 14.4 Å². The molecule has 108 valence electrons. The molecule has 0 unspecified atom stereocenters. The van der Waals surface area contributed by atoms with E-state index in [0.717, 1.165) is 23.2 Å². The Kier molecular flexibility index (Phi) is 4.60. The molecule has 2 rings (SSSR count). The van der Waals surface area contributed by atoms with Crippen molar-refractivity contribution in [3.8, 4) is 0 Å². The molecule has 0 fully saturated rings. The van der Waals surface area contributed by atoms with E-state index < -0.39 is 0 Å². The van der Waals surface area contributed by atoms with Crippen LogP contribution in [0.5, 0.6) is 0 Å². The van der Waals surface area contributed by atoms with Crippen LogP contribution in [0.3, 0.4) is 0 Å². The third-order valence-electron chi connectivity index (χ3n) is 4.04. The van der Waals surface area contributed by atoms with Gasteiger partial charge in [0.1, 0.15) is 0 Å². The van der Waals surface area contributed by atoms with Gasteiger partial charge in [-0.15, -0.1) is 5.06 Å². The number of alkyl halides is 1. The lowest BCUT2D eigenvalue weighted by Crippen LogP contribution is -2.36. The number of hydrogen-bond donors (Lipinski definition) is 0. The van der Waals surface area contributed by atoms with Gasteiger partial charge in [0.05, 0.1) is 17.7 Å². The van der Waals surface area contributed by atoms with Crippen LogP contribution >= 0.6 is 15.9 Å². The van der Waals surface area contributed by atoms with Crippen LogP contribution in [0.2, 0.25) is 0 Å². The summed E-state index contributed by atoms with van der Waals surface area (Å²) in [6, 6.07) is 6.79. The van der Waals surface area contributed by atoms with E-state index in [1.54, 1.807) is 24.3 Å². The van der Waals surface area contributed by atoms with E-state index in [9.17, 15) is 9.59 Å². The van der Waals surface area contributed by atoms with Crippen LogP contribution in [-0.2, 0) is 4.84 Å². The van der Waals surface area contributed by atoms with Crippen LogP contribution in [0, 0.1) is 5.41 Å². The second kappa shape index (κ2) is 6.06. The van der Waals surface area contributed by atoms with Gasteiger partial charge in [-0.25, -0.2) is 0 Å². The zero-order chi connectivity index (χ0) is 14.8. The predicted molar refractivity (Wildman–Crippen MR) is 79.7 cm³/mol. The molecule has 4 nitrogen and oxygen atoms in total. The van der Waals surface area contributed by atoms with Crippen molar-refractivity contribution in [3.63, 3.8) is 0 Å². The first-order chi connectivity index (χ1) is 9.58. The Hall–Kier alpha value is -1.20. The summed E-state index contributed by atoms with van der Waals surface area (Å²) in [6.45, 7) is 4.50. The molecule has 0 N–H and O–H groups in total. The van der Waals surface area contributed by atoms with Crippen LogP contribution in [0.1, 0.15) is 47.4 Å². The molecule has 20 heavy (non-hydrogen) atoms. The third-order valence-corrected chi connectivity index (χ3v) is 5.23. The topological polar surface area (TPSA) is 46.6 Å². The molecule has 1 heterocycles. The number of amides is 2. The first kappa shape index (κ1) is 15.2. The van der Waals surface area contributed by atoms with Crippen molar-refractivity contribution in [2.45, 2.75) is 26.7 Å². The van der Waals surface area contributed by atoms with Crippen LogP contribution < -0.4 is 0 Å². The van der Waals surface area contributed by atoms with Gasteiger partial charge in [0, 0.05) is 10.7 Å². The van der Waals surface area contributed by atoms with Gasteiger partial charge in [0.2, 0.25) is 0 Å². The Morgan fingerprint density at radius 1 is 1.10 bits per heavy atom. The molecular weight excluding hydrogens is 322 g/mol. The number of carbonyl (C=O) groups excluding carboxylic acids is 2. The maximum Gasteiger partial charge on any atom is 0.285 e. The molecular formula is C15H18BrNO3. The first-order valence-corrected chi connectivity index (χ1v) is 7.87. The quantitative estimate of drug-likeness (QED) is 0.589. The number of carbonyl (C=O) groups is 2. The largest absolute Gasteiger partial charge is 0.285 e. The molecule has 0 spiro atoms. The molecule has 0 radical (unpaired) electrons. The van der Waals surface area contributed by atoms with E-state index in [-0.39, 0.29) is 17.2 Å². The zero-order valence-electron chi connectivity index (χ0n) is 11.7. The molecule has 2 amide bonds. The van der Waals surface area contributed by atoms with Crippen molar-refractivity contribution in [3.05, 3.63) is 35.4 Å². The van der Waals surface area contributed by atoms with E-state index in [0.29, 0.717) is 17.7 Å². The number of hydroxylamine groups is 2. The molecule has 1 aliphatic heterocycles. The van der Waals surface area contributed by atoms with Gasteiger partial charge >= 0.3 is 0 Å². The summed E-state index contributed by atoms with van der Waals surface area (Å²) in [5, 5.41) is 1.67. The minimum absolute atomic E-state index is 0.0602. The summed E-state index contributed by atoms with van der Waals surface area (Å²) in [7, 11) is 0. The van der Waals surface area contributed by atoms with Crippen LogP contribution in [-0.4, -0.2) is 28.8 Å². The fraction of sp³-hybridized carbons (Fsp3) is 0.467. The average Bonchev–Trinajstić information content (AvgIpc) is 2.74. The number of hydrogen-bond acceptors (Lipinski definition) is 3. The molecule has 1 aromatic rings. The number of fused-ring (bicyclic) bond motifs is 1. The molecule has 0 aliphatic carbocycles. The number of imide groups is 1. The molecule has 0 atom stereocenters. The second-order valence-corrected chi connectivity index (χ2v) is 5.63. The van der Waals surface area contributed by atoms with Crippen molar-refractivity contribution in [2.24, 2.45) is 5.41 Å². The van der Waals surface area contributed by atoms with Crippen LogP contribution in [0.25, 0.3) is 0 Å². The Bertz CT molecular complexity index is 482. The van der Waals surface area contributed by atoms with E-state index in [1.807, 2.05) is 0 Å². The first-order valence-electron chi connectivity index (χ1n) is 6.75. The average molecular weight is 340 g/mol. The summed E-state index contributed by atoms with van der Waals surface area (Å²) >= 11 is 3.49. The van der Waals surface area contributed by atoms with Crippen molar-refractivity contribution >= 4 is 27.7 Å². The lowest BCUT2D eigenvalue weighted by molar-refractivity contribution is -0.118. The normalized spacial score (nSPS) is 14.8. The Balaban J connectivity index is 2.13. The van der Waals surface area contributed by atoms with Crippen molar-refractivity contribution in [2.75, 3.05) is 11.9 Å². The van der Waals surface area contributed by atoms with Crippen molar-refractivity contribution < 1.29 is 14.4 Å². The highest BCUT2D eigenvalue weighted by molar-refractivity contribution is 9.09. The zero-order valence-corrected chi connectivity index (χ0v) is 13.3. The van der Waals surface area contributed by atoms with Crippen molar-refractivity contribution in [1.82, 2.24) is 5.06 Å². The van der Waals surface area contributed by atoms with Gasteiger partial charge in [-0.2, -0.15) is 0 Å². The predicted octanol–water partition coefficient (Wildman–Crippen LogP) is 3.42. The molecule has 5 heteroatoms. The van der Waals surface area contributed by atoms with E-state index in [4.69, 9.17) is 4.84 Å². The number of rotatable bonds is 6. The van der Waals surface area contributed by atoms with Crippen molar-refractivity contribution in [1.29, 1.82) is 0 Å². The summed E-state index contributed by atoms with van der Waals surface area (Å²) < 4.78 is 0. The minimum Gasteiger partial charge on any atom is -0.266 e. The third kappa shape index (κ3) is 2.52. The van der Waals surface area contributed by atoms with Gasteiger partial charge in [-0.05, 0) is 25.0 Å². The Labute approximate surface area is 127 Å². The molecule has 0 saturated carbocycles. The number of halogens is 1. The fourth-order valence-corrected chi connectivity index (χ4v) is 3.12. The number of benzene rings is 1. The molecule has 0 bridgehead atoms.